The van der Waals surface area contributed by atoms with Crippen LogP contribution in [0.15, 0.2) is 24.3 Å². The van der Waals surface area contributed by atoms with Crippen molar-refractivity contribution < 1.29 is 9.53 Å². The molecule has 4 nitrogen and oxygen atoms in total. The number of rotatable bonds is 6. The Morgan fingerprint density at radius 1 is 1.33 bits per heavy atom. The van der Waals surface area contributed by atoms with Gasteiger partial charge in [-0.2, -0.15) is 0 Å². The Kier molecular flexibility index (Phi) is 5.76. The molecule has 3 N–H and O–H groups in total. The average molecular weight is 290 g/mol. The number of carbonyl (C=O) groups excluding carboxylic acids is 1. The predicted molar refractivity (Wildman–Crippen MR) is 84.9 cm³/mol. The van der Waals surface area contributed by atoms with E-state index in [1.165, 1.54) is 0 Å². The van der Waals surface area contributed by atoms with Crippen molar-refractivity contribution in [3.63, 3.8) is 0 Å². The molecule has 0 spiro atoms. The van der Waals surface area contributed by atoms with Crippen LogP contribution in [0.4, 0.5) is 5.69 Å². The molecule has 0 heterocycles. The Bertz CT molecular complexity index is 456. The highest BCUT2D eigenvalue weighted by Gasteiger charge is 2.31. The molecule has 1 aliphatic carbocycles. The van der Waals surface area contributed by atoms with Crippen LogP contribution in [0.5, 0.6) is 0 Å². The molecule has 0 bridgehead atoms. The highest BCUT2D eigenvalue weighted by molar-refractivity contribution is 5.92. The first kappa shape index (κ1) is 16.0. The number of anilines is 1. The lowest BCUT2D eigenvalue weighted by Gasteiger charge is -2.17. The zero-order valence-corrected chi connectivity index (χ0v) is 13.0. The van der Waals surface area contributed by atoms with E-state index < -0.39 is 0 Å². The smallest absolute Gasteiger partial charge is 0.227 e. The van der Waals surface area contributed by atoms with Crippen LogP contribution < -0.4 is 11.1 Å². The third-order valence-corrected chi connectivity index (χ3v) is 4.10. The van der Waals surface area contributed by atoms with Crippen LogP contribution in [0.3, 0.4) is 0 Å². The second-order valence-corrected chi connectivity index (χ2v) is 6.08. The van der Waals surface area contributed by atoms with Gasteiger partial charge in [-0.05, 0) is 56.8 Å². The molecule has 1 saturated carbocycles. The van der Waals surface area contributed by atoms with Crippen LogP contribution in [0, 0.1) is 11.8 Å². The number of amides is 1. The normalized spacial score (nSPS) is 21.7. The van der Waals surface area contributed by atoms with E-state index in [1.54, 1.807) is 0 Å². The van der Waals surface area contributed by atoms with Crippen LogP contribution in [0.25, 0.3) is 0 Å². The molecule has 2 rings (SSSR count). The lowest BCUT2D eigenvalue weighted by molar-refractivity contribution is -0.120. The number of carbonyl (C=O) groups is 1. The number of benzene rings is 1. The van der Waals surface area contributed by atoms with Gasteiger partial charge >= 0.3 is 0 Å². The van der Waals surface area contributed by atoms with Crippen molar-refractivity contribution in [2.24, 2.45) is 17.6 Å². The average Bonchev–Trinajstić information content (AvgIpc) is 2.95. The van der Waals surface area contributed by atoms with Crippen LogP contribution in [-0.4, -0.2) is 18.6 Å². The lowest BCUT2D eigenvalue weighted by Crippen LogP contribution is -2.29. The highest BCUT2D eigenvalue weighted by Crippen LogP contribution is 2.31. The van der Waals surface area contributed by atoms with Gasteiger partial charge < -0.3 is 15.8 Å². The van der Waals surface area contributed by atoms with Crippen molar-refractivity contribution in [3.8, 4) is 0 Å². The maximum Gasteiger partial charge on any atom is 0.227 e. The largest absolute Gasteiger partial charge is 0.374 e. The van der Waals surface area contributed by atoms with Gasteiger partial charge in [0.2, 0.25) is 5.91 Å². The van der Waals surface area contributed by atoms with Crippen LogP contribution in [-0.2, 0) is 16.1 Å². The molecule has 116 valence electrons. The fraction of sp³-hybridized carbons (Fsp3) is 0.588. The molecule has 0 aliphatic heterocycles. The Hall–Kier alpha value is -1.39. The van der Waals surface area contributed by atoms with Crippen molar-refractivity contribution >= 4 is 11.6 Å². The van der Waals surface area contributed by atoms with E-state index in [4.69, 9.17) is 10.5 Å². The topological polar surface area (TPSA) is 64.3 Å². The van der Waals surface area contributed by atoms with Crippen molar-refractivity contribution in [2.45, 2.75) is 45.8 Å². The van der Waals surface area contributed by atoms with Gasteiger partial charge in [-0.1, -0.05) is 18.6 Å². The second-order valence-electron chi connectivity index (χ2n) is 6.08. The zero-order chi connectivity index (χ0) is 15.2. The monoisotopic (exact) mass is 290 g/mol. The minimum absolute atomic E-state index is 0.0685. The van der Waals surface area contributed by atoms with Crippen molar-refractivity contribution in [2.75, 3.05) is 11.9 Å². The summed E-state index contributed by atoms with van der Waals surface area (Å²) in [5.41, 5.74) is 7.70. The SMILES string of the molecule is CC(C)OCc1ccc(NC(=O)[C@@H]2CCC[C@@H]2CN)cc1. The quantitative estimate of drug-likeness (QED) is 0.846. The van der Waals surface area contributed by atoms with Gasteiger partial charge in [0.05, 0.1) is 12.7 Å². The maximum absolute atomic E-state index is 12.3. The van der Waals surface area contributed by atoms with Gasteiger partial charge in [0, 0.05) is 11.6 Å². The summed E-state index contributed by atoms with van der Waals surface area (Å²) in [6.07, 6.45) is 3.35. The summed E-state index contributed by atoms with van der Waals surface area (Å²) in [4.78, 5) is 12.3. The van der Waals surface area contributed by atoms with E-state index in [0.717, 1.165) is 30.5 Å². The van der Waals surface area contributed by atoms with Crippen LogP contribution in [0.1, 0.15) is 38.7 Å². The molecule has 0 radical (unpaired) electrons. The van der Waals surface area contributed by atoms with E-state index in [0.29, 0.717) is 19.1 Å². The summed E-state index contributed by atoms with van der Waals surface area (Å²) in [5.74, 6) is 0.511. The van der Waals surface area contributed by atoms with E-state index >= 15 is 0 Å². The van der Waals surface area contributed by atoms with Crippen molar-refractivity contribution in [1.29, 1.82) is 0 Å². The summed E-state index contributed by atoms with van der Waals surface area (Å²) < 4.78 is 5.56. The third kappa shape index (κ3) is 4.55. The number of hydrogen-bond donors (Lipinski definition) is 2. The molecule has 0 unspecified atom stereocenters. The number of nitrogens with one attached hydrogen (secondary N) is 1. The van der Waals surface area contributed by atoms with Crippen molar-refractivity contribution in [1.82, 2.24) is 0 Å². The van der Waals surface area contributed by atoms with Gasteiger partial charge in [-0.3, -0.25) is 4.79 Å². The summed E-state index contributed by atoms with van der Waals surface area (Å²) in [5, 5.41) is 3.00. The third-order valence-electron chi connectivity index (χ3n) is 4.10. The Morgan fingerprint density at radius 3 is 2.67 bits per heavy atom. The molecule has 4 heteroatoms. The summed E-state index contributed by atoms with van der Waals surface area (Å²) in [6, 6.07) is 7.85. The Balaban J connectivity index is 1.89. The zero-order valence-electron chi connectivity index (χ0n) is 13.0. The van der Waals surface area contributed by atoms with E-state index in [2.05, 4.69) is 5.32 Å². The number of nitrogens with two attached hydrogens (primary N) is 1. The summed E-state index contributed by atoms with van der Waals surface area (Å²) >= 11 is 0. The fourth-order valence-corrected chi connectivity index (χ4v) is 2.85. The Morgan fingerprint density at radius 2 is 2.05 bits per heavy atom. The molecule has 0 saturated heterocycles. The minimum atomic E-state index is 0.0685. The summed E-state index contributed by atoms with van der Waals surface area (Å²) in [6.45, 7) is 5.24. The number of hydrogen-bond acceptors (Lipinski definition) is 3. The molecular formula is C17H26N2O2. The second kappa shape index (κ2) is 7.57. The van der Waals surface area contributed by atoms with Gasteiger partial charge in [0.1, 0.15) is 0 Å². The first-order chi connectivity index (χ1) is 10.1. The van der Waals surface area contributed by atoms with E-state index in [-0.39, 0.29) is 17.9 Å². The summed E-state index contributed by atoms with van der Waals surface area (Å²) in [7, 11) is 0. The molecule has 2 atom stereocenters. The van der Waals surface area contributed by atoms with E-state index in [1.807, 2.05) is 38.1 Å². The first-order valence-corrected chi connectivity index (χ1v) is 7.81. The van der Waals surface area contributed by atoms with Gasteiger partial charge in [-0.25, -0.2) is 0 Å². The molecule has 21 heavy (non-hydrogen) atoms. The molecule has 0 aromatic heterocycles. The van der Waals surface area contributed by atoms with E-state index in [9.17, 15) is 4.79 Å². The standard InChI is InChI=1S/C17H26N2O2/c1-12(2)21-11-13-6-8-15(9-7-13)19-17(20)16-5-3-4-14(16)10-18/h6-9,12,14,16H,3-5,10-11,18H2,1-2H3,(H,19,20)/t14-,16-/m1/s1. The van der Waals surface area contributed by atoms with Crippen LogP contribution in [0.2, 0.25) is 0 Å². The predicted octanol–water partition coefficient (Wildman–Crippen LogP) is 2.93. The minimum Gasteiger partial charge on any atom is -0.374 e. The van der Waals surface area contributed by atoms with Gasteiger partial charge in [0.25, 0.3) is 0 Å². The van der Waals surface area contributed by atoms with Crippen molar-refractivity contribution in [3.05, 3.63) is 29.8 Å². The molecule has 1 aliphatic rings. The maximum atomic E-state index is 12.3. The molecule has 1 aromatic rings. The Labute approximate surface area is 127 Å². The molecule has 1 aromatic carbocycles. The van der Waals surface area contributed by atoms with Crippen LogP contribution >= 0.6 is 0 Å². The van der Waals surface area contributed by atoms with Gasteiger partial charge in [0.15, 0.2) is 0 Å². The lowest BCUT2D eigenvalue weighted by atomic mass is 9.95. The first-order valence-electron chi connectivity index (χ1n) is 7.81. The molecule has 1 fully saturated rings. The highest BCUT2D eigenvalue weighted by atomic mass is 16.5. The molecular weight excluding hydrogens is 264 g/mol. The van der Waals surface area contributed by atoms with Gasteiger partial charge in [-0.15, -0.1) is 0 Å². The fourth-order valence-electron chi connectivity index (χ4n) is 2.85. The number of ether oxygens (including phenoxy) is 1. The molecule has 1 amide bonds.